The Hall–Kier alpha value is -0.810. The largest absolute Gasteiger partial charge is 0.444 e. The maximum absolute atomic E-state index is 11.7. The highest BCUT2D eigenvalue weighted by Gasteiger charge is 2.21. The summed E-state index contributed by atoms with van der Waals surface area (Å²) in [6.07, 6.45) is 0.200. The molecule has 0 heterocycles. The number of carbonyl (C=O) groups excluding carboxylic acids is 1. The molecule has 1 amide bonds. The molecule has 2 unspecified atom stereocenters. The van der Waals surface area contributed by atoms with Gasteiger partial charge in [-0.05, 0) is 39.5 Å². The lowest BCUT2D eigenvalue weighted by Gasteiger charge is -2.25. The van der Waals surface area contributed by atoms with E-state index in [4.69, 9.17) is 10.5 Å². The second-order valence-corrected chi connectivity index (χ2v) is 6.10. The van der Waals surface area contributed by atoms with Gasteiger partial charge in [0.25, 0.3) is 0 Å². The number of hydrogen-bond donors (Lipinski definition) is 3. The molecule has 0 rings (SSSR count). The highest BCUT2D eigenvalue weighted by atomic mass is 16.6. The molecule has 0 saturated heterocycles. The van der Waals surface area contributed by atoms with Crippen molar-refractivity contribution >= 4 is 6.09 Å². The molecule has 0 aliphatic carbocycles. The summed E-state index contributed by atoms with van der Waals surface area (Å²) in [7, 11) is 0. The molecule has 0 spiro atoms. The van der Waals surface area contributed by atoms with Gasteiger partial charge in [-0.15, -0.1) is 0 Å². The fourth-order valence-electron chi connectivity index (χ4n) is 1.68. The summed E-state index contributed by atoms with van der Waals surface area (Å²) in [4.78, 5) is 11.7. The van der Waals surface area contributed by atoms with Crippen LogP contribution in [0.2, 0.25) is 0 Å². The first-order valence-electron chi connectivity index (χ1n) is 6.51. The second-order valence-electron chi connectivity index (χ2n) is 6.10. The molecular weight excluding hydrogens is 232 g/mol. The molecule has 0 aromatic carbocycles. The average Bonchev–Trinajstić information content (AvgIpc) is 2.12. The van der Waals surface area contributed by atoms with Crippen molar-refractivity contribution in [2.24, 2.45) is 11.7 Å². The first kappa shape index (κ1) is 17.2. The monoisotopic (exact) mass is 260 g/mol. The van der Waals surface area contributed by atoms with Crippen molar-refractivity contribution in [1.82, 2.24) is 5.32 Å². The number of alkyl carbamates (subject to hydrolysis) is 1. The SMILES string of the molecule is CC(C)CC(CC(O)CN)NC(=O)OC(C)(C)C. The van der Waals surface area contributed by atoms with E-state index in [0.717, 1.165) is 6.42 Å². The molecule has 0 aromatic rings. The maximum atomic E-state index is 11.7. The number of carbonyl (C=O) groups is 1. The normalized spacial score (nSPS) is 15.3. The third-order valence-electron chi connectivity index (χ3n) is 2.31. The first-order valence-corrected chi connectivity index (χ1v) is 6.51. The number of nitrogens with two attached hydrogens (primary N) is 1. The zero-order valence-corrected chi connectivity index (χ0v) is 12.2. The Morgan fingerprint density at radius 1 is 1.33 bits per heavy atom. The van der Waals surface area contributed by atoms with Crippen molar-refractivity contribution in [2.45, 2.75) is 65.2 Å². The number of aliphatic hydroxyl groups excluding tert-OH is 1. The van der Waals surface area contributed by atoms with Crippen LogP contribution in [0.5, 0.6) is 0 Å². The van der Waals surface area contributed by atoms with E-state index in [9.17, 15) is 9.90 Å². The molecule has 4 N–H and O–H groups in total. The van der Waals surface area contributed by atoms with Crippen LogP contribution in [-0.4, -0.2) is 35.5 Å². The minimum atomic E-state index is -0.594. The minimum absolute atomic E-state index is 0.113. The zero-order chi connectivity index (χ0) is 14.3. The van der Waals surface area contributed by atoms with Gasteiger partial charge in [-0.3, -0.25) is 0 Å². The van der Waals surface area contributed by atoms with Crippen LogP contribution in [0.25, 0.3) is 0 Å². The van der Waals surface area contributed by atoms with Crippen LogP contribution in [0.15, 0.2) is 0 Å². The van der Waals surface area contributed by atoms with Crippen LogP contribution < -0.4 is 11.1 Å². The van der Waals surface area contributed by atoms with Crippen molar-refractivity contribution in [3.05, 3.63) is 0 Å². The fourth-order valence-corrected chi connectivity index (χ4v) is 1.68. The van der Waals surface area contributed by atoms with Crippen molar-refractivity contribution in [2.75, 3.05) is 6.54 Å². The standard InChI is InChI=1S/C13H28N2O3/c1-9(2)6-10(7-11(16)8-14)15-12(17)18-13(3,4)5/h9-11,16H,6-8,14H2,1-5H3,(H,15,17). The van der Waals surface area contributed by atoms with Crippen LogP contribution in [0.3, 0.4) is 0 Å². The quantitative estimate of drug-likeness (QED) is 0.677. The van der Waals surface area contributed by atoms with E-state index in [1.165, 1.54) is 0 Å². The first-order chi connectivity index (χ1) is 8.14. The third kappa shape index (κ3) is 9.24. The average molecular weight is 260 g/mol. The summed E-state index contributed by atoms with van der Waals surface area (Å²) in [6, 6.07) is -0.113. The van der Waals surface area contributed by atoms with Gasteiger partial charge < -0.3 is 20.9 Å². The van der Waals surface area contributed by atoms with Gasteiger partial charge in [-0.2, -0.15) is 0 Å². The number of rotatable bonds is 6. The Morgan fingerprint density at radius 3 is 2.28 bits per heavy atom. The maximum Gasteiger partial charge on any atom is 0.407 e. The van der Waals surface area contributed by atoms with E-state index in [1.54, 1.807) is 0 Å². The topological polar surface area (TPSA) is 84.6 Å². The van der Waals surface area contributed by atoms with Gasteiger partial charge in [0, 0.05) is 12.6 Å². The molecule has 0 radical (unpaired) electrons. The fraction of sp³-hybridized carbons (Fsp3) is 0.923. The Bertz CT molecular complexity index is 249. The van der Waals surface area contributed by atoms with Gasteiger partial charge in [0.1, 0.15) is 5.60 Å². The predicted octanol–water partition coefficient (Wildman–Crippen LogP) is 1.64. The van der Waals surface area contributed by atoms with Crippen LogP contribution >= 0.6 is 0 Å². The van der Waals surface area contributed by atoms with E-state index in [2.05, 4.69) is 19.2 Å². The zero-order valence-electron chi connectivity index (χ0n) is 12.2. The van der Waals surface area contributed by atoms with Crippen molar-refractivity contribution in [3.8, 4) is 0 Å². The Balaban J connectivity index is 4.35. The van der Waals surface area contributed by atoms with Gasteiger partial charge in [-0.25, -0.2) is 4.79 Å². The van der Waals surface area contributed by atoms with Crippen LogP contribution in [-0.2, 0) is 4.74 Å². The number of nitrogens with one attached hydrogen (secondary N) is 1. The van der Waals surface area contributed by atoms with E-state index < -0.39 is 17.8 Å². The summed E-state index contributed by atoms with van der Waals surface area (Å²) in [5.41, 5.74) is 4.87. The molecule has 0 saturated carbocycles. The molecule has 5 heteroatoms. The van der Waals surface area contributed by atoms with Crippen molar-refractivity contribution < 1.29 is 14.6 Å². The highest BCUT2D eigenvalue weighted by molar-refractivity contribution is 5.68. The van der Waals surface area contributed by atoms with Crippen LogP contribution in [0, 0.1) is 5.92 Å². The highest BCUT2D eigenvalue weighted by Crippen LogP contribution is 2.12. The summed E-state index contributed by atoms with van der Waals surface area (Å²) in [5.74, 6) is 0.426. The molecule has 2 atom stereocenters. The van der Waals surface area contributed by atoms with Crippen molar-refractivity contribution in [3.63, 3.8) is 0 Å². The molecule has 0 fully saturated rings. The summed E-state index contributed by atoms with van der Waals surface area (Å²) < 4.78 is 5.20. The van der Waals surface area contributed by atoms with E-state index in [-0.39, 0.29) is 12.6 Å². The number of hydrogen-bond acceptors (Lipinski definition) is 4. The molecule has 0 aliphatic heterocycles. The summed E-state index contributed by atoms with van der Waals surface area (Å²) >= 11 is 0. The lowest BCUT2D eigenvalue weighted by molar-refractivity contribution is 0.0477. The molecule has 18 heavy (non-hydrogen) atoms. The van der Waals surface area contributed by atoms with E-state index in [0.29, 0.717) is 12.3 Å². The smallest absolute Gasteiger partial charge is 0.407 e. The molecule has 108 valence electrons. The van der Waals surface area contributed by atoms with Gasteiger partial charge in [0.15, 0.2) is 0 Å². The molecule has 0 aliphatic rings. The molecule has 0 bridgehead atoms. The third-order valence-corrected chi connectivity index (χ3v) is 2.31. The Morgan fingerprint density at radius 2 is 1.89 bits per heavy atom. The number of aliphatic hydroxyl groups is 1. The predicted molar refractivity (Wildman–Crippen MR) is 72.3 cm³/mol. The van der Waals surface area contributed by atoms with Gasteiger partial charge in [-0.1, -0.05) is 13.8 Å². The van der Waals surface area contributed by atoms with E-state index in [1.807, 2.05) is 20.8 Å². The number of amides is 1. The van der Waals surface area contributed by atoms with Crippen LogP contribution in [0.4, 0.5) is 4.79 Å². The lowest BCUT2D eigenvalue weighted by atomic mass is 9.99. The van der Waals surface area contributed by atoms with Crippen LogP contribution in [0.1, 0.15) is 47.5 Å². The lowest BCUT2D eigenvalue weighted by Crippen LogP contribution is -2.42. The summed E-state index contributed by atoms with van der Waals surface area (Å²) in [5, 5.41) is 12.4. The molecule has 0 aromatic heterocycles. The Kier molecular flexibility index (Phi) is 7.25. The molecule has 5 nitrogen and oxygen atoms in total. The molecular formula is C13H28N2O3. The summed E-state index contributed by atoms with van der Waals surface area (Å²) in [6.45, 7) is 9.79. The van der Waals surface area contributed by atoms with Crippen molar-refractivity contribution in [1.29, 1.82) is 0 Å². The van der Waals surface area contributed by atoms with Gasteiger partial charge in [0.05, 0.1) is 6.10 Å². The minimum Gasteiger partial charge on any atom is -0.444 e. The second kappa shape index (κ2) is 7.59. The number of ether oxygens (including phenoxy) is 1. The van der Waals surface area contributed by atoms with Gasteiger partial charge in [0.2, 0.25) is 0 Å². The Labute approximate surface area is 110 Å². The van der Waals surface area contributed by atoms with E-state index >= 15 is 0 Å². The van der Waals surface area contributed by atoms with Gasteiger partial charge >= 0.3 is 6.09 Å².